The lowest BCUT2D eigenvalue weighted by Gasteiger charge is -2.23. The summed E-state index contributed by atoms with van der Waals surface area (Å²) in [6.07, 6.45) is 4.92. The summed E-state index contributed by atoms with van der Waals surface area (Å²) in [5, 5.41) is 0. The van der Waals surface area contributed by atoms with Crippen molar-refractivity contribution in [3.8, 4) is 0 Å². The molecule has 2 heteroatoms. The molecule has 0 N–H and O–H groups in total. The fourth-order valence-electron chi connectivity index (χ4n) is 1.26. The van der Waals surface area contributed by atoms with E-state index in [0.29, 0.717) is 12.5 Å². The number of hydrogen-bond acceptors (Lipinski definition) is 2. The highest BCUT2D eigenvalue weighted by Gasteiger charge is 2.25. The van der Waals surface area contributed by atoms with Gasteiger partial charge in [0.05, 0.1) is 12.9 Å². The molecule has 0 unspecified atom stereocenters. The van der Waals surface area contributed by atoms with E-state index in [1.165, 1.54) is 6.42 Å². The van der Waals surface area contributed by atoms with Crippen LogP contribution in [0.1, 0.15) is 33.1 Å². The fraction of sp³-hybridized carbons (Fsp3) is 0.700. The minimum Gasteiger partial charge on any atom is -0.501 e. The smallest absolute Gasteiger partial charge is 0.164 e. The van der Waals surface area contributed by atoms with Crippen LogP contribution in [-0.4, -0.2) is 12.4 Å². The highest BCUT2D eigenvalue weighted by molar-refractivity contribution is 5.96. The molecule has 0 atom stereocenters. The van der Waals surface area contributed by atoms with Crippen molar-refractivity contribution in [2.75, 3.05) is 6.61 Å². The van der Waals surface area contributed by atoms with Crippen LogP contribution in [0.2, 0.25) is 0 Å². The van der Waals surface area contributed by atoms with Gasteiger partial charge in [-0.25, -0.2) is 0 Å². The van der Waals surface area contributed by atoms with E-state index in [9.17, 15) is 4.79 Å². The van der Waals surface area contributed by atoms with Crippen LogP contribution >= 0.6 is 0 Å². The van der Waals surface area contributed by atoms with Gasteiger partial charge in [0.1, 0.15) is 0 Å². The summed E-state index contributed by atoms with van der Waals surface area (Å²) in [7, 11) is 0. The lowest BCUT2D eigenvalue weighted by atomic mass is 9.80. The Kier molecular flexibility index (Phi) is 3.32. The van der Waals surface area contributed by atoms with Crippen molar-refractivity contribution < 1.29 is 9.53 Å². The van der Waals surface area contributed by atoms with Gasteiger partial charge in [0.25, 0.3) is 0 Å². The van der Waals surface area contributed by atoms with E-state index in [4.69, 9.17) is 4.74 Å². The number of Topliss-reactive ketones (excluding diaryl/α,β-unsaturated/α-hetero) is 1. The Labute approximate surface area is 73.6 Å². The number of allylic oxidation sites excluding steroid dienone is 1. The van der Waals surface area contributed by atoms with E-state index >= 15 is 0 Å². The van der Waals surface area contributed by atoms with Crippen molar-refractivity contribution in [2.24, 2.45) is 5.92 Å². The third-order valence-corrected chi connectivity index (χ3v) is 2.29. The van der Waals surface area contributed by atoms with Crippen LogP contribution in [0.15, 0.2) is 11.8 Å². The van der Waals surface area contributed by atoms with E-state index in [-0.39, 0.29) is 5.78 Å². The molecule has 12 heavy (non-hydrogen) atoms. The first-order chi connectivity index (χ1) is 5.75. The molecule has 0 radical (unpaired) electrons. The third kappa shape index (κ3) is 2.10. The first-order valence-electron chi connectivity index (χ1n) is 4.58. The minimum atomic E-state index is 0.273. The molecule has 2 nitrogen and oxygen atoms in total. The van der Waals surface area contributed by atoms with Crippen molar-refractivity contribution in [3.05, 3.63) is 11.8 Å². The van der Waals surface area contributed by atoms with Crippen LogP contribution < -0.4 is 0 Å². The maximum atomic E-state index is 11.5. The summed E-state index contributed by atoms with van der Waals surface area (Å²) in [5.74, 6) is 0.566. The van der Waals surface area contributed by atoms with Gasteiger partial charge in [0.15, 0.2) is 5.78 Å². The lowest BCUT2D eigenvalue weighted by Crippen LogP contribution is -2.22. The number of ketones is 1. The molecule has 68 valence electrons. The van der Waals surface area contributed by atoms with Crippen molar-refractivity contribution in [1.29, 1.82) is 0 Å². The Bertz CT molecular complexity index is 190. The van der Waals surface area contributed by atoms with Gasteiger partial charge in [0, 0.05) is 11.5 Å². The molecule has 0 heterocycles. The molecule has 1 aliphatic carbocycles. The molecule has 0 saturated heterocycles. The average Bonchev–Trinajstić information content (AvgIpc) is 1.96. The molecular weight excluding hydrogens is 152 g/mol. The number of rotatable bonds is 4. The summed E-state index contributed by atoms with van der Waals surface area (Å²) in [6, 6.07) is 0. The predicted octanol–water partition coefficient (Wildman–Crippen LogP) is 2.30. The Morgan fingerprint density at radius 1 is 1.58 bits per heavy atom. The van der Waals surface area contributed by atoms with Gasteiger partial charge >= 0.3 is 0 Å². The van der Waals surface area contributed by atoms with Crippen LogP contribution in [-0.2, 0) is 9.53 Å². The van der Waals surface area contributed by atoms with Gasteiger partial charge in [0.2, 0.25) is 0 Å². The second-order valence-corrected chi connectivity index (χ2v) is 3.25. The molecule has 0 aliphatic heterocycles. The Hall–Kier alpha value is -0.790. The Balaban J connectivity index is 2.39. The molecule has 1 fully saturated rings. The maximum Gasteiger partial charge on any atom is 0.164 e. The zero-order chi connectivity index (χ0) is 8.97. The van der Waals surface area contributed by atoms with Gasteiger partial charge in [-0.2, -0.15) is 0 Å². The zero-order valence-electron chi connectivity index (χ0n) is 7.80. The van der Waals surface area contributed by atoms with Gasteiger partial charge in [-0.05, 0) is 26.7 Å². The Morgan fingerprint density at radius 2 is 2.25 bits per heavy atom. The highest BCUT2D eigenvalue weighted by atomic mass is 16.5. The molecule has 0 bridgehead atoms. The van der Waals surface area contributed by atoms with Crippen LogP contribution in [0.3, 0.4) is 0 Å². The van der Waals surface area contributed by atoms with E-state index < -0.39 is 0 Å². The normalized spacial score (nSPS) is 18.7. The van der Waals surface area contributed by atoms with Gasteiger partial charge < -0.3 is 4.74 Å². The van der Waals surface area contributed by atoms with Crippen molar-refractivity contribution >= 4 is 5.78 Å². The van der Waals surface area contributed by atoms with Crippen LogP contribution in [0, 0.1) is 5.92 Å². The maximum absolute atomic E-state index is 11.5. The summed E-state index contributed by atoms with van der Waals surface area (Å²) < 4.78 is 5.05. The summed E-state index contributed by atoms with van der Waals surface area (Å²) in [4.78, 5) is 11.5. The highest BCUT2D eigenvalue weighted by Crippen LogP contribution is 2.29. The molecule has 0 aromatic rings. The molecular formula is C10H16O2. The number of carbonyl (C=O) groups is 1. The summed E-state index contributed by atoms with van der Waals surface area (Å²) in [5.41, 5.74) is 0.765. The van der Waals surface area contributed by atoms with Crippen LogP contribution in [0.4, 0.5) is 0 Å². The van der Waals surface area contributed by atoms with Gasteiger partial charge in [-0.15, -0.1) is 0 Å². The Morgan fingerprint density at radius 3 is 2.67 bits per heavy atom. The third-order valence-electron chi connectivity index (χ3n) is 2.29. The van der Waals surface area contributed by atoms with E-state index in [0.717, 1.165) is 18.4 Å². The number of hydrogen-bond donors (Lipinski definition) is 0. The van der Waals surface area contributed by atoms with E-state index in [2.05, 4.69) is 0 Å². The minimum absolute atomic E-state index is 0.273. The lowest BCUT2D eigenvalue weighted by molar-refractivity contribution is -0.121. The average molecular weight is 168 g/mol. The SMILES string of the molecule is CCO/C=C(\C)C(=O)C1CCC1. The quantitative estimate of drug-likeness (QED) is 0.475. The first kappa shape index (κ1) is 9.30. The second kappa shape index (κ2) is 4.29. The van der Waals surface area contributed by atoms with Crippen LogP contribution in [0.5, 0.6) is 0 Å². The molecule has 1 aliphatic rings. The largest absolute Gasteiger partial charge is 0.501 e. The molecule has 1 saturated carbocycles. The molecule has 0 spiro atoms. The molecule has 0 aromatic heterocycles. The second-order valence-electron chi connectivity index (χ2n) is 3.25. The predicted molar refractivity (Wildman–Crippen MR) is 47.7 cm³/mol. The molecule has 0 amide bonds. The van der Waals surface area contributed by atoms with Crippen LogP contribution in [0.25, 0.3) is 0 Å². The van der Waals surface area contributed by atoms with Crippen molar-refractivity contribution in [2.45, 2.75) is 33.1 Å². The first-order valence-corrected chi connectivity index (χ1v) is 4.58. The van der Waals surface area contributed by atoms with Crippen molar-refractivity contribution in [1.82, 2.24) is 0 Å². The van der Waals surface area contributed by atoms with Gasteiger partial charge in [-0.3, -0.25) is 4.79 Å². The van der Waals surface area contributed by atoms with Gasteiger partial charge in [-0.1, -0.05) is 6.42 Å². The monoisotopic (exact) mass is 168 g/mol. The molecule has 1 rings (SSSR count). The fourth-order valence-corrected chi connectivity index (χ4v) is 1.26. The standard InChI is InChI=1S/C10H16O2/c1-3-12-7-8(2)10(11)9-5-4-6-9/h7,9H,3-6H2,1-2H3/b8-7+. The summed E-state index contributed by atoms with van der Waals surface area (Å²) in [6.45, 7) is 4.38. The topological polar surface area (TPSA) is 26.3 Å². The van der Waals surface area contributed by atoms with E-state index in [1.54, 1.807) is 6.26 Å². The number of ether oxygens (including phenoxy) is 1. The van der Waals surface area contributed by atoms with E-state index in [1.807, 2.05) is 13.8 Å². The summed E-state index contributed by atoms with van der Waals surface area (Å²) >= 11 is 0. The van der Waals surface area contributed by atoms with Crippen molar-refractivity contribution in [3.63, 3.8) is 0 Å². The molecule has 0 aromatic carbocycles. The number of carbonyl (C=O) groups excluding carboxylic acids is 1. The zero-order valence-corrected chi connectivity index (χ0v) is 7.80.